The van der Waals surface area contributed by atoms with Crippen molar-refractivity contribution in [3.05, 3.63) is 87.1 Å². The number of ketones is 1. The van der Waals surface area contributed by atoms with Gasteiger partial charge in [-0.2, -0.15) is 0 Å². The molecule has 0 atom stereocenters. The second-order valence-corrected chi connectivity index (χ2v) is 9.88. The van der Waals surface area contributed by atoms with Crippen molar-refractivity contribution in [2.45, 2.75) is 53.4 Å². The molecule has 0 spiro atoms. The van der Waals surface area contributed by atoms with Gasteiger partial charge in [0.1, 0.15) is 41.8 Å². The highest BCUT2D eigenvalue weighted by atomic mass is 16.5. The predicted octanol–water partition coefficient (Wildman–Crippen LogP) is 6.91. The number of carbonyl (C=O) groups excluding carboxylic acids is 2. The number of phenolic OH excluding ortho intramolecular Hbond substituents is 1. The Morgan fingerprint density at radius 1 is 0.833 bits per heavy atom. The lowest BCUT2D eigenvalue weighted by Gasteiger charge is -2.16. The van der Waals surface area contributed by atoms with Gasteiger partial charge in [-0.05, 0) is 63.1 Å². The summed E-state index contributed by atoms with van der Waals surface area (Å²) in [4.78, 5) is 36.9. The molecule has 8 nitrogen and oxygen atoms in total. The van der Waals surface area contributed by atoms with Gasteiger partial charge in [-0.15, -0.1) is 0 Å². The van der Waals surface area contributed by atoms with Crippen LogP contribution in [0, 0.1) is 0 Å². The summed E-state index contributed by atoms with van der Waals surface area (Å²) in [5, 5.41) is 11.1. The Bertz CT molecular complexity index is 1630. The highest BCUT2D eigenvalue weighted by Crippen LogP contribution is 2.34. The SMILES string of the molecule is CCCc1c(OCCOc2ccc3c(=O)cc(-c4ccc(C(=O)OCC)cc4)oc3c2CCC)ccc(C(C)=O)c1O. The summed E-state index contributed by atoms with van der Waals surface area (Å²) in [5.41, 5.74) is 3.02. The van der Waals surface area contributed by atoms with Gasteiger partial charge in [0, 0.05) is 22.8 Å². The van der Waals surface area contributed by atoms with Crippen LogP contribution in [0.25, 0.3) is 22.3 Å². The first-order valence-corrected chi connectivity index (χ1v) is 14.3. The summed E-state index contributed by atoms with van der Waals surface area (Å²) in [7, 11) is 0. The number of aryl methyl sites for hydroxylation is 1. The number of aromatic hydroxyl groups is 1. The number of hydrogen-bond donors (Lipinski definition) is 1. The minimum absolute atomic E-state index is 0.0381. The van der Waals surface area contributed by atoms with Crippen molar-refractivity contribution in [3.63, 3.8) is 0 Å². The largest absolute Gasteiger partial charge is 0.507 e. The molecule has 0 saturated heterocycles. The van der Waals surface area contributed by atoms with Gasteiger partial charge in [-0.1, -0.05) is 38.8 Å². The summed E-state index contributed by atoms with van der Waals surface area (Å²) < 4.78 is 23.4. The van der Waals surface area contributed by atoms with Gasteiger partial charge < -0.3 is 23.7 Å². The van der Waals surface area contributed by atoms with E-state index in [0.29, 0.717) is 57.8 Å². The van der Waals surface area contributed by atoms with Crippen LogP contribution in [0.15, 0.2) is 63.8 Å². The first-order valence-electron chi connectivity index (χ1n) is 14.3. The number of esters is 1. The standard InChI is InChI=1S/C34H36O8/c1-5-8-26-29(16-14-24(21(4)35)32(26)37)40-18-19-41-30-17-15-25-28(36)20-31(42-33(25)27(30)9-6-2)22-10-12-23(13-11-22)34(38)39-7-3/h10-17,20,37H,5-9,18-19H2,1-4H3. The maximum absolute atomic E-state index is 13.1. The van der Waals surface area contributed by atoms with Gasteiger partial charge in [0.05, 0.1) is 23.1 Å². The molecular weight excluding hydrogens is 536 g/mol. The van der Waals surface area contributed by atoms with Gasteiger partial charge in [0.25, 0.3) is 0 Å². The van der Waals surface area contributed by atoms with Crippen molar-refractivity contribution in [1.82, 2.24) is 0 Å². The van der Waals surface area contributed by atoms with Crippen LogP contribution in [-0.4, -0.2) is 36.7 Å². The van der Waals surface area contributed by atoms with E-state index in [4.69, 9.17) is 18.6 Å². The molecule has 0 amide bonds. The highest BCUT2D eigenvalue weighted by molar-refractivity contribution is 5.97. The van der Waals surface area contributed by atoms with E-state index in [1.807, 2.05) is 13.8 Å². The average molecular weight is 573 g/mol. The fourth-order valence-corrected chi connectivity index (χ4v) is 4.84. The van der Waals surface area contributed by atoms with E-state index < -0.39 is 5.97 Å². The Morgan fingerprint density at radius 2 is 1.45 bits per heavy atom. The molecule has 220 valence electrons. The van der Waals surface area contributed by atoms with Crippen LogP contribution in [0.5, 0.6) is 17.2 Å². The van der Waals surface area contributed by atoms with Crippen molar-refractivity contribution in [1.29, 1.82) is 0 Å². The lowest BCUT2D eigenvalue weighted by Crippen LogP contribution is -2.12. The molecule has 0 fully saturated rings. The number of phenols is 1. The molecule has 0 unspecified atom stereocenters. The molecule has 0 aliphatic rings. The summed E-state index contributed by atoms with van der Waals surface area (Å²) in [6.45, 7) is 7.90. The van der Waals surface area contributed by atoms with Crippen LogP contribution < -0.4 is 14.9 Å². The third kappa shape index (κ3) is 6.65. The second-order valence-electron chi connectivity index (χ2n) is 9.88. The quantitative estimate of drug-likeness (QED) is 0.105. The molecule has 0 saturated carbocycles. The molecular formula is C34H36O8. The molecule has 0 radical (unpaired) electrons. The minimum atomic E-state index is -0.411. The van der Waals surface area contributed by atoms with Gasteiger partial charge >= 0.3 is 5.97 Å². The molecule has 0 aliphatic heterocycles. The minimum Gasteiger partial charge on any atom is -0.507 e. The van der Waals surface area contributed by atoms with Crippen molar-refractivity contribution in [3.8, 4) is 28.6 Å². The number of fused-ring (bicyclic) bond motifs is 1. The summed E-state index contributed by atoms with van der Waals surface area (Å²) in [6, 6.07) is 14.9. The topological polar surface area (TPSA) is 112 Å². The van der Waals surface area contributed by atoms with E-state index >= 15 is 0 Å². The third-order valence-corrected chi connectivity index (χ3v) is 6.86. The molecule has 1 aromatic heterocycles. The molecule has 42 heavy (non-hydrogen) atoms. The number of Topliss-reactive ketones (excluding diaryl/α,β-unsaturated/α-hetero) is 1. The third-order valence-electron chi connectivity index (χ3n) is 6.86. The van der Waals surface area contributed by atoms with Crippen LogP contribution in [0.2, 0.25) is 0 Å². The first kappa shape index (κ1) is 30.4. The van der Waals surface area contributed by atoms with Crippen molar-refractivity contribution >= 4 is 22.7 Å². The average Bonchev–Trinajstić information content (AvgIpc) is 2.98. The lowest BCUT2D eigenvalue weighted by molar-refractivity contribution is 0.0526. The lowest BCUT2D eigenvalue weighted by atomic mass is 10.0. The van der Waals surface area contributed by atoms with Gasteiger partial charge in [0.2, 0.25) is 0 Å². The van der Waals surface area contributed by atoms with Crippen molar-refractivity contribution in [2.24, 2.45) is 0 Å². The fourth-order valence-electron chi connectivity index (χ4n) is 4.84. The Morgan fingerprint density at radius 3 is 2.07 bits per heavy atom. The smallest absolute Gasteiger partial charge is 0.338 e. The summed E-state index contributed by atoms with van der Waals surface area (Å²) >= 11 is 0. The van der Waals surface area contributed by atoms with E-state index in [1.165, 1.54) is 13.0 Å². The van der Waals surface area contributed by atoms with E-state index in [9.17, 15) is 19.5 Å². The zero-order chi connectivity index (χ0) is 30.2. The zero-order valence-corrected chi connectivity index (χ0v) is 24.5. The molecule has 4 rings (SSSR count). The molecule has 3 aromatic carbocycles. The van der Waals surface area contributed by atoms with Crippen LogP contribution in [0.3, 0.4) is 0 Å². The number of benzene rings is 3. The number of carbonyl (C=O) groups is 2. The molecule has 4 aromatic rings. The summed E-state index contributed by atoms with van der Waals surface area (Å²) in [5.74, 6) is 0.839. The molecule has 0 bridgehead atoms. The Labute approximate surface area is 244 Å². The van der Waals surface area contributed by atoms with E-state index in [0.717, 1.165) is 18.4 Å². The first-order chi connectivity index (χ1) is 20.3. The van der Waals surface area contributed by atoms with Crippen LogP contribution >= 0.6 is 0 Å². The maximum Gasteiger partial charge on any atom is 0.338 e. The second kappa shape index (κ2) is 13.9. The van der Waals surface area contributed by atoms with E-state index in [2.05, 4.69) is 0 Å². The molecule has 1 N–H and O–H groups in total. The fraction of sp³-hybridized carbons (Fsp3) is 0.324. The Hall–Kier alpha value is -4.59. The number of rotatable bonds is 13. The van der Waals surface area contributed by atoms with Gasteiger partial charge in [-0.25, -0.2) is 4.79 Å². The van der Waals surface area contributed by atoms with Gasteiger partial charge in [0.15, 0.2) is 11.2 Å². The Balaban J connectivity index is 1.57. The number of hydrogen-bond acceptors (Lipinski definition) is 8. The highest BCUT2D eigenvalue weighted by Gasteiger charge is 2.18. The van der Waals surface area contributed by atoms with Crippen molar-refractivity contribution in [2.75, 3.05) is 19.8 Å². The van der Waals surface area contributed by atoms with Gasteiger partial charge in [-0.3, -0.25) is 9.59 Å². The zero-order valence-electron chi connectivity index (χ0n) is 24.5. The normalized spacial score (nSPS) is 11.0. The summed E-state index contributed by atoms with van der Waals surface area (Å²) in [6.07, 6.45) is 2.78. The predicted molar refractivity (Wildman–Crippen MR) is 161 cm³/mol. The number of ether oxygens (including phenoxy) is 3. The maximum atomic E-state index is 13.1. The molecule has 8 heteroatoms. The van der Waals surface area contributed by atoms with E-state index in [1.54, 1.807) is 55.5 Å². The van der Waals surface area contributed by atoms with Crippen LogP contribution in [0.1, 0.15) is 72.4 Å². The monoisotopic (exact) mass is 572 g/mol. The van der Waals surface area contributed by atoms with Crippen molar-refractivity contribution < 1.29 is 33.3 Å². The molecule has 0 aliphatic carbocycles. The van der Waals surface area contributed by atoms with Crippen LogP contribution in [0.4, 0.5) is 0 Å². The van der Waals surface area contributed by atoms with Crippen LogP contribution in [-0.2, 0) is 17.6 Å². The Kier molecular flexibility index (Phi) is 10.0. The van der Waals surface area contributed by atoms with E-state index in [-0.39, 0.29) is 42.3 Å². The molecule has 1 heterocycles.